The summed E-state index contributed by atoms with van der Waals surface area (Å²) in [5.74, 6) is 0.299. The molecule has 6 heteroatoms. The summed E-state index contributed by atoms with van der Waals surface area (Å²) in [7, 11) is 0. The number of nitrogens with one attached hydrogen (secondary N) is 1. The average molecular weight is 395 g/mol. The highest BCUT2D eigenvalue weighted by Gasteiger charge is 2.44. The van der Waals surface area contributed by atoms with Crippen LogP contribution in [0.5, 0.6) is 0 Å². The summed E-state index contributed by atoms with van der Waals surface area (Å²) in [6.45, 7) is 2.07. The SMILES string of the molecule is CSc1ccc(C(=O)Nc2ncc3c(n2)CCC3)c(N2CCC3(CC2)CC3)c1. The van der Waals surface area contributed by atoms with Crippen molar-refractivity contribution in [3.8, 4) is 0 Å². The van der Waals surface area contributed by atoms with Crippen molar-refractivity contribution in [2.45, 2.75) is 49.8 Å². The Kier molecular flexibility index (Phi) is 4.54. The first-order valence-electron chi connectivity index (χ1n) is 10.2. The Hall–Kier alpha value is -2.08. The molecule has 1 aromatic carbocycles. The van der Waals surface area contributed by atoms with Gasteiger partial charge in [-0.3, -0.25) is 10.1 Å². The number of benzene rings is 1. The third kappa shape index (κ3) is 3.39. The van der Waals surface area contributed by atoms with E-state index in [1.165, 1.54) is 36.1 Å². The molecule has 0 radical (unpaired) electrons. The topological polar surface area (TPSA) is 58.1 Å². The predicted molar refractivity (Wildman–Crippen MR) is 113 cm³/mol. The minimum Gasteiger partial charge on any atom is -0.371 e. The van der Waals surface area contributed by atoms with Crippen LogP contribution in [0.4, 0.5) is 11.6 Å². The van der Waals surface area contributed by atoms with Crippen LogP contribution >= 0.6 is 11.8 Å². The third-order valence-corrected chi connectivity index (χ3v) is 7.34. The van der Waals surface area contributed by atoms with Crippen LogP contribution in [0.2, 0.25) is 0 Å². The third-order valence-electron chi connectivity index (χ3n) is 6.61. The molecule has 2 aliphatic carbocycles. The summed E-state index contributed by atoms with van der Waals surface area (Å²) in [6.07, 6.45) is 12.3. The van der Waals surface area contributed by atoms with Crippen LogP contribution in [0.25, 0.3) is 0 Å². The van der Waals surface area contributed by atoms with Crippen molar-refractivity contribution in [3.05, 3.63) is 41.2 Å². The number of nitrogens with zero attached hydrogens (tertiary/aromatic N) is 3. The molecule has 1 spiro atoms. The number of hydrogen-bond donors (Lipinski definition) is 1. The molecule has 2 heterocycles. The Morgan fingerprint density at radius 3 is 2.75 bits per heavy atom. The van der Waals surface area contributed by atoms with Crippen molar-refractivity contribution in [1.29, 1.82) is 0 Å². The fraction of sp³-hybridized carbons (Fsp3) is 0.500. The van der Waals surface area contributed by atoms with Crippen molar-refractivity contribution in [1.82, 2.24) is 9.97 Å². The number of carbonyl (C=O) groups is 1. The van der Waals surface area contributed by atoms with Gasteiger partial charge in [0.05, 0.1) is 11.3 Å². The molecule has 1 aliphatic heterocycles. The molecule has 1 saturated heterocycles. The van der Waals surface area contributed by atoms with Gasteiger partial charge in [-0.05, 0) is 80.4 Å². The number of aryl methyl sites for hydroxylation is 2. The van der Waals surface area contributed by atoms with E-state index in [1.807, 2.05) is 18.3 Å². The zero-order chi connectivity index (χ0) is 19.1. The molecule has 1 saturated carbocycles. The molecule has 0 atom stereocenters. The van der Waals surface area contributed by atoms with Gasteiger partial charge in [0.25, 0.3) is 5.91 Å². The number of amides is 1. The molecule has 0 bridgehead atoms. The highest BCUT2D eigenvalue weighted by atomic mass is 32.2. The number of fused-ring (bicyclic) bond motifs is 1. The van der Waals surface area contributed by atoms with Crippen LogP contribution in [0.1, 0.15) is 53.7 Å². The fourth-order valence-electron chi connectivity index (χ4n) is 4.53. The van der Waals surface area contributed by atoms with Crippen LogP contribution in [0.15, 0.2) is 29.3 Å². The van der Waals surface area contributed by atoms with Gasteiger partial charge < -0.3 is 4.90 Å². The van der Waals surface area contributed by atoms with Gasteiger partial charge in [0, 0.05) is 29.9 Å². The van der Waals surface area contributed by atoms with E-state index >= 15 is 0 Å². The van der Waals surface area contributed by atoms with E-state index in [4.69, 9.17) is 0 Å². The van der Waals surface area contributed by atoms with Crippen LogP contribution in [0.3, 0.4) is 0 Å². The summed E-state index contributed by atoms with van der Waals surface area (Å²) in [6, 6.07) is 6.14. The van der Waals surface area contributed by atoms with Crippen molar-refractivity contribution >= 4 is 29.3 Å². The minimum atomic E-state index is -0.118. The number of hydrogen-bond acceptors (Lipinski definition) is 5. The summed E-state index contributed by atoms with van der Waals surface area (Å²) in [5, 5.41) is 2.94. The first kappa shape index (κ1) is 18.0. The van der Waals surface area contributed by atoms with Gasteiger partial charge in [-0.2, -0.15) is 0 Å². The molecule has 2 fully saturated rings. The molecule has 28 heavy (non-hydrogen) atoms. The van der Waals surface area contributed by atoms with Crippen molar-refractivity contribution in [2.24, 2.45) is 5.41 Å². The summed E-state index contributed by atoms with van der Waals surface area (Å²) >= 11 is 1.71. The molecular weight excluding hydrogens is 368 g/mol. The largest absolute Gasteiger partial charge is 0.371 e. The van der Waals surface area contributed by atoms with Gasteiger partial charge >= 0.3 is 0 Å². The number of aromatic nitrogens is 2. The van der Waals surface area contributed by atoms with Gasteiger partial charge in [0.2, 0.25) is 5.95 Å². The lowest BCUT2D eigenvalue weighted by Gasteiger charge is -2.35. The van der Waals surface area contributed by atoms with Gasteiger partial charge in [-0.1, -0.05) is 0 Å². The van der Waals surface area contributed by atoms with Gasteiger partial charge in [-0.25, -0.2) is 9.97 Å². The van der Waals surface area contributed by atoms with E-state index < -0.39 is 0 Å². The molecule has 1 amide bonds. The number of rotatable bonds is 4. The molecular formula is C22H26N4OS. The number of thioether (sulfide) groups is 1. The zero-order valence-electron chi connectivity index (χ0n) is 16.3. The second-order valence-corrected chi connectivity index (χ2v) is 9.22. The molecule has 1 N–H and O–H groups in total. The summed E-state index contributed by atoms with van der Waals surface area (Å²) in [5.41, 5.74) is 4.67. The normalized spacial score (nSPS) is 19.5. The number of carbonyl (C=O) groups excluding carboxylic acids is 1. The van der Waals surface area contributed by atoms with E-state index in [2.05, 4.69) is 32.5 Å². The second kappa shape index (κ2) is 7.07. The van der Waals surface area contributed by atoms with Gasteiger partial charge in [-0.15, -0.1) is 11.8 Å². The summed E-state index contributed by atoms with van der Waals surface area (Å²) in [4.78, 5) is 25.6. The lowest BCUT2D eigenvalue weighted by molar-refractivity contribution is 0.102. The lowest BCUT2D eigenvalue weighted by Crippen LogP contribution is -2.35. The molecule has 5 nitrogen and oxygen atoms in total. The Bertz CT molecular complexity index is 915. The maximum absolute atomic E-state index is 13.1. The van der Waals surface area contributed by atoms with Crippen LogP contribution < -0.4 is 10.2 Å². The molecule has 3 aliphatic rings. The lowest BCUT2D eigenvalue weighted by atomic mass is 9.93. The fourth-order valence-corrected chi connectivity index (χ4v) is 4.97. The monoisotopic (exact) mass is 394 g/mol. The average Bonchev–Trinajstić information content (AvgIpc) is 3.31. The first-order valence-corrected chi connectivity index (χ1v) is 11.5. The highest BCUT2D eigenvalue weighted by Crippen LogP contribution is 2.54. The van der Waals surface area contributed by atoms with E-state index in [9.17, 15) is 4.79 Å². The standard InChI is InChI=1S/C22H26N4OS/c1-28-16-5-6-17(19(13-16)26-11-9-22(7-8-22)10-12-26)20(27)25-21-23-14-15-3-2-4-18(15)24-21/h5-6,13-14H,2-4,7-12H2,1H3,(H,23,24,25,27). The van der Waals surface area contributed by atoms with Crippen molar-refractivity contribution in [2.75, 3.05) is 29.6 Å². The van der Waals surface area contributed by atoms with E-state index in [0.29, 0.717) is 16.9 Å². The van der Waals surface area contributed by atoms with Crippen molar-refractivity contribution < 1.29 is 4.79 Å². The molecule has 1 aromatic heterocycles. The predicted octanol–water partition coefficient (Wildman–Crippen LogP) is 4.32. The Morgan fingerprint density at radius 2 is 2.00 bits per heavy atom. The Morgan fingerprint density at radius 1 is 1.18 bits per heavy atom. The minimum absolute atomic E-state index is 0.118. The highest BCUT2D eigenvalue weighted by molar-refractivity contribution is 7.98. The van der Waals surface area contributed by atoms with E-state index in [1.54, 1.807) is 11.8 Å². The molecule has 5 rings (SSSR count). The maximum atomic E-state index is 13.1. The zero-order valence-corrected chi connectivity index (χ0v) is 17.1. The molecule has 146 valence electrons. The van der Waals surface area contributed by atoms with Gasteiger partial charge in [0.15, 0.2) is 0 Å². The van der Waals surface area contributed by atoms with E-state index in [-0.39, 0.29) is 5.91 Å². The Labute approximate surface area is 170 Å². The second-order valence-electron chi connectivity index (χ2n) is 8.34. The van der Waals surface area contributed by atoms with Gasteiger partial charge in [0.1, 0.15) is 0 Å². The first-order chi connectivity index (χ1) is 13.7. The van der Waals surface area contributed by atoms with Crippen LogP contribution in [-0.4, -0.2) is 35.2 Å². The molecule has 2 aromatic rings. The smallest absolute Gasteiger partial charge is 0.260 e. The van der Waals surface area contributed by atoms with Crippen LogP contribution in [0, 0.1) is 5.41 Å². The summed E-state index contributed by atoms with van der Waals surface area (Å²) < 4.78 is 0. The number of anilines is 2. The van der Waals surface area contributed by atoms with Crippen LogP contribution in [-0.2, 0) is 12.8 Å². The van der Waals surface area contributed by atoms with Crippen molar-refractivity contribution in [3.63, 3.8) is 0 Å². The number of piperidine rings is 1. The van der Waals surface area contributed by atoms with E-state index in [0.717, 1.165) is 43.7 Å². The quantitative estimate of drug-likeness (QED) is 0.783. The Balaban J connectivity index is 1.39. The maximum Gasteiger partial charge on any atom is 0.260 e. The molecule has 0 unspecified atom stereocenters.